The second-order valence-electron chi connectivity index (χ2n) is 6.52. The van der Waals surface area contributed by atoms with E-state index in [1.807, 2.05) is 0 Å². The van der Waals surface area contributed by atoms with Crippen LogP contribution in [0.5, 0.6) is 0 Å². The monoisotopic (exact) mass is 252 g/mol. The van der Waals surface area contributed by atoms with Crippen molar-refractivity contribution < 1.29 is 4.79 Å². The summed E-state index contributed by atoms with van der Waals surface area (Å²) in [6.45, 7) is 2.19. The second-order valence-corrected chi connectivity index (χ2v) is 6.52. The molecule has 3 aliphatic rings. The molecule has 2 atom stereocenters. The number of allylic oxidation sites excluding steroid dienone is 2. The molecule has 4 rings (SSSR count). The molecule has 0 heterocycles. The molecule has 0 amide bonds. The quantitative estimate of drug-likeness (QED) is 0.697. The molecule has 1 spiro atoms. The molecule has 0 aliphatic heterocycles. The molecule has 0 saturated heterocycles. The van der Waals surface area contributed by atoms with E-state index in [0.29, 0.717) is 18.1 Å². The number of benzene rings is 1. The molecule has 98 valence electrons. The van der Waals surface area contributed by atoms with Gasteiger partial charge in [-0.15, -0.1) is 0 Å². The molecule has 1 aromatic rings. The molecular formula is C18H20O. The minimum Gasteiger partial charge on any atom is -0.299 e. The third kappa shape index (κ3) is 1.45. The van der Waals surface area contributed by atoms with Gasteiger partial charge in [0.2, 0.25) is 0 Å². The number of aryl methyl sites for hydroxylation is 1. The van der Waals surface area contributed by atoms with Gasteiger partial charge in [-0.3, -0.25) is 4.79 Å². The third-order valence-electron chi connectivity index (χ3n) is 5.67. The molecule has 1 aromatic carbocycles. The van der Waals surface area contributed by atoms with Crippen LogP contribution < -0.4 is 0 Å². The fraction of sp³-hybridized carbons (Fsp3) is 0.500. The van der Waals surface area contributed by atoms with Gasteiger partial charge in [0.1, 0.15) is 5.78 Å². The van der Waals surface area contributed by atoms with Gasteiger partial charge < -0.3 is 0 Å². The molecule has 1 nitrogen and oxygen atoms in total. The summed E-state index contributed by atoms with van der Waals surface area (Å²) < 4.78 is 0. The first kappa shape index (κ1) is 11.5. The van der Waals surface area contributed by atoms with Gasteiger partial charge >= 0.3 is 0 Å². The average Bonchev–Trinajstić information content (AvgIpc) is 3.00. The number of hydrogen-bond acceptors (Lipinski definition) is 1. The van der Waals surface area contributed by atoms with E-state index in [-0.39, 0.29) is 5.41 Å². The van der Waals surface area contributed by atoms with Crippen LogP contribution in [0.4, 0.5) is 0 Å². The average molecular weight is 252 g/mol. The van der Waals surface area contributed by atoms with E-state index < -0.39 is 0 Å². The van der Waals surface area contributed by atoms with E-state index in [2.05, 4.69) is 31.2 Å². The summed E-state index contributed by atoms with van der Waals surface area (Å²) in [5.41, 5.74) is 5.70. The largest absolute Gasteiger partial charge is 0.299 e. The van der Waals surface area contributed by atoms with Crippen molar-refractivity contribution in [2.45, 2.75) is 45.4 Å². The van der Waals surface area contributed by atoms with Crippen molar-refractivity contribution in [2.75, 3.05) is 0 Å². The van der Waals surface area contributed by atoms with Crippen LogP contribution in [-0.4, -0.2) is 5.78 Å². The summed E-state index contributed by atoms with van der Waals surface area (Å²) in [6.07, 6.45) is 8.48. The molecule has 2 bridgehead atoms. The van der Waals surface area contributed by atoms with Gasteiger partial charge in [0.15, 0.2) is 0 Å². The number of ketones is 1. The van der Waals surface area contributed by atoms with Crippen molar-refractivity contribution in [3.63, 3.8) is 0 Å². The molecule has 1 heteroatoms. The van der Waals surface area contributed by atoms with Gasteiger partial charge in [-0.05, 0) is 54.7 Å². The number of Topliss-reactive ketones (excluding diaryl/α,β-unsaturated/α-hetero) is 1. The highest BCUT2D eigenvalue weighted by molar-refractivity contribution is 5.91. The maximum atomic E-state index is 12.8. The van der Waals surface area contributed by atoms with Crippen molar-refractivity contribution in [2.24, 2.45) is 11.3 Å². The predicted octanol–water partition coefficient (Wildman–Crippen LogP) is 3.64. The van der Waals surface area contributed by atoms with Gasteiger partial charge in [0.05, 0.1) is 0 Å². The Balaban J connectivity index is 1.80. The number of hydrogen-bond donors (Lipinski definition) is 0. The summed E-state index contributed by atoms with van der Waals surface area (Å²) in [6, 6.07) is 6.62. The summed E-state index contributed by atoms with van der Waals surface area (Å²) in [5, 5.41) is 0. The van der Waals surface area contributed by atoms with Crippen molar-refractivity contribution in [1.29, 1.82) is 0 Å². The molecule has 3 aliphatic carbocycles. The first-order valence-corrected chi connectivity index (χ1v) is 7.54. The van der Waals surface area contributed by atoms with Crippen molar-refractivity contribution in [3.8, 4) is 0 Å². The number of rotatable bonds is 1. The van der Waals surface area contributed by atoms with Gasteiger partial charge in [0, 0.05) is 11.8 Å². The SMILES string of the molecule is CCc1cccc2c1CC(=O)C1(CC3=CCC1C3)C2. The summed E-state index contributed by atoms with van der Waals surface area (Å²) in [4.78, 5) is 12.8. The zero-order valence-corrected chi connectivity index (χ0v) is 11.5. The van der Waals surface area contributed by atoms with Gasteiger partial charge in [0.25, 0.3) is 0 Å². The Kier molecular flexibility index (Phi) is 2.30. The molecule has 0 radical (unpaired) electrons. The highest BCUT2D eigenvalue weighted by Crippen LogP contribution is 2.56. The smallest absolute Gasteiger partial charge is 0.144 e. The highest BCUT2D eigenvalue weighted by atomic mass is 16.1. The Morgan fingerprint density at radius 2 is 2.21 bits per heavy atom. The molecular weight excluding hydrogens is 232 g/mol. The second kappa shape index (κ2) is 3.82. The number of fused-ring (bicyclic) bond motifs is 4. The molecule has 0 aromatic heterocycles. The minimum absolute atomic E-state index is 0.0244. The van der Waals surface area contributed by atoms with E-state index in [0.717, 1.165) is 25.7 Å². The Morgan fingerprint density at radius 3 is 2.89 bits per heavy atom. The van der Waals surface area contributed by atoms with Crippen LogP contribution in [0.15, 0.2) is 29.8 Å². The lowest BCUT2D eigenvalue weighted by Crippen LogP contribution is -2.42. The number of carbonyl (C=O) groups is 1. The Labute approximate surface area is 114 Å². The van der Waals surface area contributed by atoms with Crippen molar-refractivity contribution in [1.82, 2.24) is 0 Å². The molecule has 0 N–H and O–H groups in total. The normalized spacial score (nSPS) is 31.7. The van der Waals surface area contributed by atoms with Gasteiger partial charge in [-0.25, -0.2) is 0 Å². The fourth-order valence-electron chi connectivity index (χ4n) is 4.63. The van der Waals surface area contributed by atoms with Crippen LogP contribution in [0.2, 0.25) is 0 Å². The molecule has 2 unspecified atom stereocenters. The third-order valence-corrected chi connectivity index (χ3v) is 5.67. The lowest BCUT2D eigenvalue weighted by Gasteiger charge is -2.39. The van der Waals surface area contributed by atoms with Crippen molar-refractivity contribution >= 4 is 5.78 Å². The predicted molar refractivity (Wildman–Crippen MR) is 76.1 cm³/mol. The van der Waals surface area contributed by atoms with Crippen LogP contribution in [0.1, 0.15) is 42.9 Å². The van der Waals surface area contributed by atoms with Crippen LogP contribution in [-0.2, 0) is 24.1 Å². The summed E-state index contributed by atoms with van der Waals surface area (Å²) in [7, 11) is 0. The minimum atomic E-state index is -0.0244. The van der Waals surface area contributed by atoms with E-state index in [1.54, 1.807) is 5.57 Å². The zero-order valence-electron chi connectivity index (χ0n) is 11.5. The Morgan fingerprint density at radius 1 is 1.32 bits per heavy atom. The first-order chi connectivity index (χ1) is 9.23. The van der Waals surface area contributed by atoms with Gasteiger partial charge in [-0.2, -0.15) is 0 Å². The van der Waals surface area contributed by atoms with Crippen LogP contribution in [0.3, 0.4) is 0 Å². The Bertz CT molecular complexity index is 596. The standard InChI is InChI=1S/C18H20O/c1-2-13-4-3-5-14-11-18(17(19)9-16(13)14)10-12-6-7-15(18)8-12/h3-6,15H,2,7-11H2,1H3. The summed E-state index contributed by atoms with van der Waals surface area (Å²) in [5.74, 6) is 1.13. The summed E-state index contributed by atoms with van der Waals surface area (Å²) >= 11 is 0. The van der Waals surface area contributed by atoms with E-state index in [4.69, 9.17) is 0 Å². The van der Waals surface area contributed by atoms with Crippen LogP contribution in [0, 0.1) is 11.3 Å². The highest BCUT2D eigenvalue weighted by Gasteiger charge is 2.53. The lowest BCUT2D eigenvalue weighted by molar-refractivity contribution is -0.131. The van der Waals surface area contributed by atoms with E-state index >= 15 is 0 Å². The van der Waals surface area contributed by atoms with Crippen molar-refractivity contribution in [3.05, 3.63) is 46.5 Å². The van der Waals surface area contributed by atoms with Crippen LogP contribution >= 0.6 is 0 Å². The first-order valence-electron chi connectivity index (χ1n) is 7.54. The molecule has 1 fully saturated rings. The molecule has 19 heavy (non-hydrogen) atoms. The lowest BCUT2D eigenvalue weighted by atomic mass is 9.62. The maximum Gasteiger partial charge on any atom is 0.144 e. The zero-order chi connectivity index (χ0) is 13.0. The fourth-order valence-corrected chi connectivity index (χ4v) is 4.63. The molecule has 1 saturated carbocycles. The van der Waals surface area contributed by atoms with E-state index in [9.17, 15) is 4.79 Å². The number of carbonyl (C=O) groups excluding carboxylic acids is 1. The van der Waals surface area contributed by atoms with Crippen LogP contribution in [0.25, 0.3) is 0 Å². The van der Waals surface area contributed by atoms with E-state index in [1.165, 1.54) is 23.1 Å². The topological polar surface area (TPSA) is 17.1 Å². The maximum absolute atomic E-state index is 12.8. The Hall–Kier alpha value is -1.37. The van der Waals surface area contributed by atoms with Gasteiger partial charge in [-0.1, -0.05) is 36.8 Å².